The summed E-state index contributed by atoms with van der Waals surface area (Å²) in [5.74, 6) is 0.371. The van der Waals surface area contributed by atoms with Gasteiger partial charge >= 0.3 is 0 Å². The number of nitrogens with zero attached hydrogens (tertiary/aromatic N) is 2. The predicted molar refractivity (Wildman–Crippen MR) is 113 cm³/mol. The average molecular weight is 396 g/mol. The quantitative estimate of drug-likeness (QED) is 0.476. The van der Waals surface area contributed by atoms with Crippen molar-refractivity contribution in [3.8, 4) is 11.4 Å². The molecule has 0 aliphatic rings. The normalized spacial score (nSPS) is 11.0. The standard InChI is InChI=1S/C22H22ClN3O2/c1-4-28-21-12-9-19(23)13-18(21)14-24-25-22(27)17-7-10-20(11-8-17)26-15(2)5-6-16(26)3/h5-14H,4H2,1-3H3,(H,25,27)/b24-14-. The average Bonchev–Trinajstić information content (AvgIpc) is 3.02. The van der Waals surface area contributed by atoms with Crippen LogP contribution in [0, 0.1) is 13.8 Å². The molecule has 0 fully saturated rings. The first-order chi connectivity index (χ1) is 13.5. The number of halogens is 1. The maximum absolute atomic E-state index is 12.4. The number of benzene rings is 2. The van der Waals surface area contributed by atoms with Crippen LogP contribution in [-0.4, -0.2) is 23.3 Å². The van der Waals surface area contributed by atoms with Gasteiger partial charge in [0.05, 0.1) is 12.8 Å². The summed E-state index contributed by atoms with van der Waals surface area (Å²) in [4.78, 5) is 12.4. The van der Waals surface area contributed by atoms with Crippen LogP contribution in [0.15, 0.2) is 59.7 Å². The first kappa shape index (κ1) is 19.7. The Morgan fingerprint density at radius 3 is 2.43 bits per heavy atom. The molecule has 0 aliphatic carbocycles. The number of hydrogen-bond acceptors (Lipinski definition) is 3. The van der Waals surface area contributed by atoms with Crippen molar-refractivity contribution < 1.29 is 9.53 Å². The van der Waals surface area contributed by atoms with Crippen LogP contribution < -0.4 is 10.2 Å². The van der Waals surface area contributed by atoms with Crippen LogP contribution in [-0.2, 0) is 0 Å². The molecule has 0 bridgehead atoms. The SMILES string of the molecule is CCOc1ccc(Cl)cc1/C=N\NC(=O)c1ccc(-n2c(C)ccc2C)cc1. The molecule has 1 heterocycles. The van der Waals surface area contributed by atoms with Gasteiger partial charge in [-0.3, -0.25) is 4.79 Å². The summed E-state index contributed by atoms with van der Waals surface area (Å²) < 4.78 is 7.67. The zero-order valence-corrected chi connectivity index (χ0v) is 16.8. The van der Waals surface area contributed by atoms with Gasteiger partial charge in [-0.1, -0.05) is 11.6 Å². The van der Waals surface area contributed by atoms with Crippen LogP contribution in [0.5, 0.6) is 5.75 Å². The molecule has 0 saturated carbocycles. The Hall–Kier alpha value is -3.05. The van der Waals surface area contributed by atoms with E-state index in [1.807, 2.05) is 19.1 Å². The van der Waals surface area contributed by atoms with Gasteiger partial charge in [0.15, 0.2) is 0 Å². The minimum absolute atomic E-state index is 0.288. The summed E-state index contributed by atoms with van der Waals surface area (Å²) >= 11 is 6.03. The van der Waals surface area contributed by atoms with Gasteiger partial charge in [0, 0.05) is 33.2 Å². The highest BCUT2D eigenvalue weighted by Gasteiger charge is 2.08. The van der Waals surface area contributed by atoms with Crippen LogP contribution in [0.2, 0.25) is 5.02 Å². The molecule has 0 unspecified atom stereocenters. The van der Waals surface area contributed by atoms with Crippen LogP contribution in [0.1, 0.15) is 34.2 Å². The molecule has 2 aromatic carbocycles. The summed E-state index contributed by atoms with van der Waals surface area (Å²) in [6.45, 7) is 6.53. The number of hydrogen-bond donors (Lipinski definition) is 1. The first-order valence-corrected chi connectivity index (χ1v) is 9.38. The first-order valence-electron chi connectivity index (χ1n) is 9.00. The molecule has 1 amide bonds. The van der Waals surface area contributed by atoms with Crippen LogP contribution in [0.3, 0.4) is 0 Å². The van der Waals surface area contributed by atoms with E-state index >= 15 is 0 Å². The van der Waals surface area contributed by atoms with Gasteiger partial charge in [-0.2, -0.15) is 5.10 Å². The van der Waals surface area contributed by atoms with Gasteiger partial charge in [-0.25, -0.2) is 5.43 Å². The summed E-state index contributed by atoms with van der Waals surface area (Å²) in [7, 11) is 0. The Kier molecular flexibility index (Phi) is 6.16. The number of ether oxygens (including phenoxy) is 1. The molecule has 0 aliphatic heterocycles. The largest absolute Gasteiger partial charge is 0.493 e. The van der Waals surface area contributed by atoms with E-state index < -0.39 is 0 Å². The number of carbonyl (C=O) groups is 1. The van der Waals surface area contributed by atoms with Crippen molar-refractivity contribution in [3.63, 3.8) is 0 Å². The number of aryl methyl sites for hydroxylation is 2. The third-order valence-corrected chi connectivity index (χ3v) is 4.54. The third kappa shape index (κ3) is 4.43. The molecule has 3 rings (SSSR count). The van der Waals surface area contributed by atoms with E-state index in [4.69, 9.17) is 16.3 Å². The van der Waals surface area contributed by atoms with Gasteiger partial charge in [0.2, 0.25) is 0 Å². The lowest BCUT2D eigenvalue weighted by Crippen LogP contribution is -2.17. The highest BCUT2D eigenvalue weighted by molar-refractivity contribution is 6.30. The molecule has 0 radical (unpaired) electrons. The van der Waals surface area contributed by atoms with Crippen LogP contribution >= 0.6 is 11.6 Å². The Morgan fingerprint density at radius 2 is 1.79 bits per heavy atom. The van der Waals surface area contributed by atoms with Crippen molar-refractivity contribution in [1.29, 1.82) is 0 Å². The topological polar surface area (TPSA) is 55.6 Å². The van der Waals surface area contributed by atoms with E-state index in [1.54, 1.807) is 30.3 Å². The maximum Gasteiger partial charge on any atom is 0.271 e. The van der Waals surface area contributed by atoms with E-state index in [9.17, 15) is 4.79 Å². The minimum atomic E-state index is -0.288. The highest BCUT2D eigenvalue weighted by atomic mass is 35.5. The minimum Gasteiger partial charge on any atom is -0.493 e. The van der Waals surface area contributed by atoms with Gasteiger partial charge in [-0.05, 0) is 75.4 Å². The summed E-state index contributed by atoms with van der Waals surface area (Å²) in [5.41, 5.74) is 7.07. The maximum atomic E-state index is 12.4. The van der Waals surface area contributed by atoms with Gasteiger partial charge in [0.25, 0.3) is 5.91 Å². The van der Waals surface area contributed by atoms with Gasteiger partial charge in [0.1, 0.15) is 5.75 Å². The molecule has 6 heteroatoms. The Morgan fingerprint density at radius 1 is 1.11 bits per heavy atom. The van der Waals surface area contributed by atoms with Crippen molar-refractivity contribution in [2.24, 2.45) is 5.10 Å². The summed E-state index contributed by atoms with van der Waals surface area (Å²) in [6.07, 6.45) is 1.52. The zero-order chi connectivity index (χ0) is 20.1. The molecule has 1 N–H and O–H groups in total. The lowest BCUT2D eigenvalue weighted by atomic mass is 10.2. The van der Waals surface area contributed by atoms with E-state index in [0.717, 1.165) is 17.1 Å². The molecular weight excluding hydrogens is 374 g/mol. The second kappa shape index (κ2) is 8.76. The fraction of sp³-hybridized carbons (Fsp3) is 0.182. The molecule has 0 spiro atoms. The molecule has 1 aromatic heterocycles. The third-order valence-electron chi connectivity index (χ3n) is 4.30. The predicted octanol–water partition coefficient (Wildman–Crippen LogP) is 4.91. The van der Waals surface area contributed by atoms with Crippen molar-refractivity contribution >= 4 is 23.7 Å². The van der Waals surface area contributed by atoms with E-state index in [-0.39, 0.29) is 5.91 Å². The molecule has 28 heavy (non-hydrogen) atoms. The second-order valence-corrected chi connectivity index (χ2v) is 6.75. The van der Waals surface area contributed by atoms with E-state index in [2.05, 4.69) is 41.1 Å². The van der Waals surface area contributed by atoms with Crippen molar-refractivity contribution in [1.82, 2.24) is 9.99 Å². The van der Waals surface area contributed by atoms with Crippen molar-refractivity contribution in [3.05, 3.63) is 82.1 Å². The monoisotopic (exact) mass is 395 g/mol. The lowest BCUT2D eigenvalue weighted by molar-refractivity contribution is 0.0955. The zero-order valence-electron chi connectivity index (χ0n) is 16.1. The smallest absolute Gasteiger partial charge is 0.271 e. The fourth-order valence-electron chi connectivity index (χ4n) is 2.97. The van der Waals surface area contributed by atoms with Crippen LogP contribution in [0.25, 0.3) is 5.69 Å². The number of hydrazone groups is 1. The van der Waals surface area contributed by atoms with Gasteiger partial charge < -0.3 is 9.30 Å². The van der Waals surface area contributed by atoms with Crippen molar-refractivity contribution in [2.75, 3.05) is 6.61 Å². The fourth-order valence-corrected chi connectivity index (χ4v) is 3.15. The number of amides is 1. The van der Waals surface area contributed by atoms with Crippen LogP contribution in [0.4, 0.5) is 0 Å². The Bertz CT molecular complexity index is 988. The lowest BCUT2D eigenvalue weighted by Gasteiger charge is -2.10. The number of rotatable bonds is 6. The Labute approximate surface area is 169 Å². The van der Waals surface area contributed by atoms with E-state index in [0.29, 0.717) is 28.5 Å². The number of nitrogens with one attached hydrogen (secondary N) is 1. The molecule has 0 atom stereocenters. The molecule has 3 aromatic rings. The van der Waals surface area contributed by atoms with E-state index in [1.165, 1.54) is 6.21 Å². The van der Waals surface area contributed by atoms with Crippen molar-refractivity contribution in [2.45, 2.75) is 20.8 Å². The second-order valence-electron chi connectivity index (χ2n) is 6.31. The number of carbonyl (C=O) groups excluding carboxylic acids is 1. The molecule has 0 saturated heterocycles. The Balaban J connectivity index is 1.70. The highest BCUT2D eigenvalue weighted by Crippen LogP contribution is 2.21. The van der Waals surface area contributed by atoms with Gasteiger partial charge in [-0.15, -0.1) is 0 Å². The summed E-state index contributed by atoms with van der Waals surface area (Å²) in [6, 6.07) is 16.8. The molecule has 144 valence electrons. The molecule has 5 nitrogen and oxygen atoms in total. The summed E-state index contributed by atoms with van der Waals surface area (Å²) in [5, 5.41) is 4.61. The molecular formula is C22H22ClN3O2. The number of aromatic nitrogens is 1.